The maximum atomic E-state index is 11.0. The van der Waals surface area contributed by atoms with Crippen LogP contribution >= 0.6 is 0 Å². The van der Waals surface area contributed by atoms with Gasteiger partial charge in [0.2, 0.25) is 10.0 Å². The van der Waals surface area contributed by atoms with Crippen LogP contribution in [-0.4, -0.2) is 20.7 Å². The van der Waals surface area contributed by atoms with E-state index in [9.17, 15) is 8.42 Å². The Kier molecular flexibility index (Phi) is 3.35. The average Bonchev–Trinajstić information content (AvgIpc) is 2.30. The maximum Gasteiger partial charge on any atom is 0.208 e. The molecule has 0 aromatic heterocycles. The Bertz CT molecular complexity index is 261. The van der Waals surface area contributed by atoms with Crippen LogP contribution in [0.5, 0.6) is 0 Å². The van der Waals surface area contributed by atoms with Crippen LogP contribution in [0.25, 0.3) is 0 Å². The SMILES string of the molecule is CCC1CCC(NS(C)(=O)=O)C1C. The van der Waals surface area contributed by atoms with Crippen molar-refractivity contribution >= 4 is 10.0 Å². The zero-order valence-electron chi connectivity index (χ0n) is 8.58. The Morgan fingerprint density at radius 2 is 2.00 bits per heavy atom. The van der Waals surface area contributed by atoms with Gasteiger partial charge in [-0.1, -0.05) is 20.3 Å². The van der Waals surface area contributed by atoms with Crippen LogP contribution in [-0.2, 0) is 10.0 Å². The lowest BCUT2D eigenvalue weighted by Gasteiger charge is -2.19. The normalized spacial score (nSPS) is 35.2. The quantitative estimate of drug-likeness (QED) is 0.756. The molecule has 78 valence electrons. The molecule has 0 aromatic rings. The van der Waals surface area contributed by atoms with Gasteiger partial charge in [0.25, 0.3) is 0 Å². The van der Waals surface area contributed by atoms with Crippen molar-refractivity contribution in [1.82, 2.24) is 4.72 Å². The monoisotopic (exact) mass is 205 g/mol. The van der Waals surface area contributed by atoms with Gasteiger partial charge in [-0.2, -0.15) is 0 Å². The molecule has 1 saturated carbocycles. The minimum atomic E-state index is -3.02. The Labute approximate surface area is 81.0 Å². The van der Waals surface area contributed by atoms with Gasteiger partial charge >= 0.3 is 0 Å². The molecule has 3 atom stereocenters. The second-order valence-corrected chi connectivity index (χ2v) is 5.88. The van der Waals surface area contributed by atoms with Gasteiger partial charge < -0.3 is 0 Å². The van der Waals surface area contributed by atoms with Gasteiger partial charge in [-0.3, -0.25) is 0 Å². The predicted molar refractivity (Wildman–Crippen MR) is 53.9 cm³/mol. The highest BCUT2D eigenvalue weighted by atomic mass is 32.2. The lowest BCUT2D eigenvalue weighted by atomic mass is 9.94. The molecule has 1 fully saturated rings. The number of nitrogens with one attached hydrogen (secondary N) is 1. The van der Waals surface area contributed by atoms with E-state index in [1.807, 2.05) is 0 Å². The first kappa shape index (κ1) is 11.0. The Balaban J connectivity index is 2.55. The van der Waals surface area contributed by atoms with Crippen LogP contribution in [0.15, 0.2) is 0 Å². The van der Waals surface area contributed by atoms with Crippen LogP contribution in [0, 0.1) is 11.8 Å². The summed E-state index contributed by atoms with van der Waals surface area (Å²) >= 11 is 0. The van der Waals surface area contributed by atoms with Crippen molar-refractivity contribution in [2.24, 2.45) is 11.8 Å². The van der Waals surface area contributed by atoms with E-state index >= 15 is 0 Å². The van der Waals surface area contributed by atoms with Crippen molar-refractivity contribution in [3.05, 3.63) is 0 Å². The molecular formula is C9H19NO2S. The van der Waals surface area contributed by atoms with E-state index < -0.39 is 10.0 Å². The summed E-state index contributed by atoms with van der Waals surface area (Å²) in [5.74, 6) is 1.18. The van der Waals surface area contributed by atoms with Crippen LogP contribution in [0.1, 0.15) is 33.1 Å². The fourth-order valence-corrected chi connectivity index (χ4v) is 3.15. The number of rotatable bonds is 3. The lowest BCUT2D eigenvalue weighted by Crippen LogP contribution is -2.36. The molecule has 0 spiro atoms. The van der Waals surface area contributed by atoms with Gasteiger partial charge in [0.15, 0.2) is 0 Å². The summed E-state index contributed by atoms with van der Waals surface area (Å²) in [4.78, 5) is 0. The molecule has 0 heterocycles. The Morgan fingerprint density at radius 1 is 1.38 bits per heavy atom. The summed E-state index contributed by atoms with van der Waals surface area (Å²) in [7, 11) is -3.02. The molecule has 13 heavy (non-hydrogen) atoms. The second-order valence-electron chi connectivity index (χ2n) is 4.10. The van der Waals surface area contributed by atoms with Gasteiger partial charge in [0.05, 0.1) is 6.26 Å². The molecule has 1 aliphatic rings. The predicted octanol–water partition coefficient (Wildman–Crippen LogP) is 1.36. The van der Waals surface area contributed by atoms with Crippen molar-refractivity contribution in [2.45, 2.75) is 39.2 Å². The molecule has 1 N–H and O–H groups in total. The summed E-state index contributed by atoms with van der Waals surface area (Å²) in [6, 6.07) is 0.167. The summed E-state index contributed by atoms with van der Waals surface area (Å²) in [5.41, 5.74) is 0. The maximum absolute atomic E-state index is 11.0. The lowest BCUT2D eigenvalue weighted by molar-refractivity contribution is 0.369. The van der Waals surface area contributed by atoms with Crippen molar-refractivity contribution in [1.29, 1.82) is 0 Å². The fourth-order valence-electron chi connectivity index (χ4n) is 2.27. The Morgan fingerprint density at radius 3 is 2.38 bits per heavy atom. The van der Waals surface area contributed by atoms with Crippen molar-refractivity contribution in [3.63, 3.8) is 0 Å². The summed E-state index contributed by atoms with van der Waals surface area (Å²) < 4.78 is 24.7. The average molecular weight is 205 g/mol. The highest BCUT2D eigenvalue weighted by Crippen LogP contribution is 2.33. The topological polar surface area (TPSA) is 46.2 Å². The third-order valence-corrected chi connectivity index (χ3v) is 3.85. The first-order chi connectivity index (χ1) is 5.94. The molecule has 0 aromatic carbocycles. The van der Waals surface area contributed by atoms with Crippen molar-refractivity contribution in [2.75, 3.05) is 6.26 Å². The molecular weight excluding hydrogens is 186 g/mol. The molecule has 3 nitrogen and oxygen atoms in total. The van der Waals surface area contributed by atoms with E-state index in [2.05, 4.69) is 18.6 Å². The smallest absolute Gasteiger partial charge is 0.208 e. The van der Waals surface area contributed by atoms with E-state index in [4.69, 9.17) is 0 Å². The molecule has 1 aliphatic carbocycles. The number of hydrogen-bond donors (Lipinski definition) is 1. The van der Waals surface area contributed by atoms with Gasteiger partial charge in [-0.15, -0.1) is 0 Å². The van der Waals surface area contributed by atoms with Gasteiger partial charge in [-0.05, 0) is 24.7 Å². The largest absolute Gasteiger partial charge is 0.213 e. The van der Waals surface area contributed by atoms with E-state index in [1.165, 1.54) is 6.26 Å². The van der Waals surface area contributed by atoms with Gasteiger partial charge in [0, 0.05) is 6.04 Å². The molecule has 0 radical (unpaired) electrons. The minimum absolute atomic E-state index is 0.167. The summed E-state index contributed by atoms with van der Waals surface area (Å²) in [6.45, 7) is 4.31. The van der Waals surface area contributed by atoms with Crippen LogP contribution in [0.4, 0.5) is 0 Å². The first-order valence-corrected chi connectivity index (χ1v) is 6.80. The van der Waals surface area contributed by atoms with E-state index in [-0.39, 0.29) is 6.04 Å². The molecule has 1 rings (SSSR count). The first-order valence-electron chi connectivity index (χ1n) is 4.91. The molecule has 0 saturated heterocycles. The standard InChI is InChI=1S/C9H19NO2S/c1-4-8-5-6-9(7(8)2)10-13(3,11)12/h7-10H,4-6H2,1-3H3. The summed E-state index contributed by atoms with van der Waals surface area (Å²) in [6.07, 6.45) is 4.54. The molecule has 3 unspecified atom stereocenters. The third kappa shape index (κ3) is 2.95. The highest BCUT2D eigenvalue weighted by Gasteiger charge is 2.32. The number of hydrogen-bond acceptors (Lipinski definition) is 2. The molecule has 0 aliphatic heterocycles. The van der Waals surface area contributed by atoms with Crippen molar-refractivity contribution < 1.29 is 8.42 Å². The van der Waals surface area contributed by atoms with Crippen LogP contribution in [0.2, 0.25) is 0 Å². The van der Waals surface area contributed by atoms with Crippen LogP contribution < -0.4 is 4.72 Å². The second kappa shape index (κ2) is 3.96. The highest BCUT2D eigenvalue weighted by molar-refractivity contribution is 7.88. The zero-order chi connectivity index (χ0) is 10.1. The summed E-state index contributed by atoms with van der Waals surface area (Å²) in [5, 5.41) is 0. The molecule has 0 bridgehead atoms. The molecule has 0 amide bonds. The molecule has 4 heteroatoms. The Hall–Kier alpha value is -0.0900. The van der Waals surface area contributed by atoms with Gasteiger partial charge in [0.1, 0.15) is 0 Å². The van der Waals surface area contributed by atoms with Crippen molar-refractivity contribution in [3.8, 4) is 0 Å². The van der Waals surface area contributed by atoms with Crippen LogP contribution in [0.3, 0.4) is 0 Å². The number of sulfonamides is 1. The fraction of sp³-hybridized carbons (Fsp3) is 1.00. The van der Waals surface area contributed by atoms with E-state index in [0.29, 0.717) is 11.8 Å². The zero-order valence-corrected chi connectivity index (χ0v) is 9.39. The third-order valence-electron chi connectivity index (χ3n) is 3.12. The minimum Gasteiger partial charge on any atom is -0.213 e. The van der Waals surface area contributed by atoms with Gasteiger partial charge in [-0.25, -0.2) is 13.1 Å². The van der Waals surface area contributed by atoms with E-state index in [0.717, 1.165) is 19.3 Å². The van der Waals surface area contributed by atoms with E-state index in [1.54, 1.807) is 0 Å².